The van der Waals surface area contributed by atoms with E-state index in [0.29, 0.717) is 19.5 Å². The normalized spacial score (nSPS) is 21.9. The molecule has 0 aromatic heterocycles. The number of nitriles is 1. The lowest BCUT2D eigenvalue weighted by molar-refractivity contribution is -0.119. The molecule has 15 heavy (non-hydrogen) atoms. The third kappa shape index (κ3) is 3.10. The fraction of sp³-hybridized carbons (Fsp3) is 0.667. The van der Waals surface area contributed by atoms with Gasteiger partial charge in [-0.3, -0.25) is 10.1 Å². The van der Waals surface area contributed by atoms with E-state index in [1.54, 1.807) is 0 Å². The lowest BCUT2D eigenvalue weighted by Crippen LogP contribution is -2.43. The highest BCUT2D eigenvalue weighted by atomic mass is 35.5. The number of nitrogens with zero attached hydrogens (tertiary/aromatic N) is 2. The number of imide groups is 1. The molecule has 0 aliphatic carbocycles. The minimum Gasteiger partial charge on any atom is -0.323 e. The van der Waals surface area contributed by atoms with Crippen LogP contribution in [-0.4, -0.2) is 35.3 Å². The maximum atomic E-state index is 11.4. The molecule has 82 valence electrons. The molecule has 1 heterocycles. The van der Waals surface area contributed by atoms with E-state index in [0.717, 1.165) is 0 Å². The zero-order chi connectivity index (χ0) is 11.4. The first kappa shape index (κ1) is 11.8. The summed E-state index contributed by atoms with van der Waals surface area (Å²) in [5.41, 5.74) is 0. The Morgan fingerprint density at radius 2 is 2.33 bits per heavy atom. The molecule has 0 spiro atoms. The van der Waals surface area contributed by atoms with Crippen molar-refractivity contribution >= 4 is 23.5 Å². The van der Waals surface area contributed by atoms with Crippen molar-refractivity contribution in [3.05, 3.63) is 0 Å². The Hall–Kier alpha value is -1.28. The summed E-state index contributed by atoms with van der Waals surface area (Å²) >= 11 is 5.50. The van der Waals surface area contributed by atoms with Gasteiger partial charge in [0.15, 0.2) is 0 Å². The highest BCUT2D eigenvalue weighted by Crippen LogP contribution is 2.14. The molecule has 0 aromatic carbocycles. The maximum absolute atomic E-state index is 11.4. The van der Waals surface area contributed by atoms with Crippen molar-refractivity contribution in [3.8, 4) is 6.07 Å². The summed E-state index contributed by atoms with van der Waals surface area (Å²) in [6.07, 6.45) is 0.661. The molecule has 5 nitrogen and oxygen atoms in total. The van der Waals surface area contributed by atoms with Crippen LogP contribution in [0.4, 0.5) is 4.79 Å². The van der Waals surface area contributed by atoms with Crippen LogP contribution in [0.2, 0.25) is 0 Å². The van der Waals surface area contributed by atoms with Gasteiger partial charge in [0.05, 0.1) is 12.0 Å². The summed E-state index contributed by atoms with van der Waals surface area (Å²) < 4.78 is 0. The molecule has 0 radical (unpaired) electrons. The van der Waals surface area contributed by atoms with Gasteiger partial charge in [0, 0.05) is 13.1 Å². The number of amides is 3. The Morgan fingerprint density at radius 3 is 2.80 bits per heavy atom. The second-order valence-corrected chi connectivity index (χ2v) is 4.13. The molecule has 0 saturated carbocycles. The highest BCUT2D eigenvalue weighted by molar-refractivity contribution is 6.31. The highest BCUT2D eigenvalue weighted by Gasteiger charge is 2.27. The second-order valence-electron chi connectivity index (χ2n) is 3.47. The van der Waals surface area contributed by atoms with Crippen molar-refractivity contribution < 1.29 is 9.59 Å². The van der Waals surface area contributed by atoms with E-state index in [1.807, 2.05) is 0 Å². The van der Waals surface area contributed by atoms with Gasteiger partial charge in [-0.25, -0.2) is 4.79 Å². The van der Waals surface area contributed by atoms with Crippen molar-refractivity contribution in [1.29, 1.82) is 5.26 Å². The number of hydrogen-bond donors (Lipinski definition) is 1. The van der Waals surface area contributed by atoms with Crippen LogP contribution in [0, 0.1) is 17.2 Å². The molecule has 3 amide bonds. The Bertz CT molecular complexity index is 311. The van der Waals surface area contributed by atoms with E-state index >= 15 is 0 Å². The summed E-state index contributed by atoms with van der Waals surface area (Å²) in [6.45, 7) is 2.38. The number of urea groups is 1. The van der Waals surface area contributed by atoms with Gasteiger partial charge in [-0.15, -0.1) is 11.6 Å². The summed E-state index contributed by atoms with van der Waals surface area (Å²) in [5, 5.41) is 10.1. The number of nitrogens with one attached hydrogen (secondary N) is 1. The average Bonchev–Trinajstić information content (AvgIpc) is 2.65. The van der Waals surface area contributed by atoms with Crippen LogP contribution in [-0.2, 0) is 4.79 Å². The largest absolute Gasteiger partial charge is 0.324 e. The molecule has 1 fully saturated rings. The van der Waals surface area contributed by atoms with Gasteiger partial charge in [0.1, 0.15) is 5.38 Å². The SMILES string of the molecule is CC(Cl)C(=O)NC(=O)N1CCC(C#N)C1. The molecule has 0 aromatic rings. The topological polar surface area (TPSA) is 73.2 Å². The molecule has 1 rings (SSSR count). The predicted octanol–water partition coefficient (Wildman–Crippen LogP) is 0.695. The molecule has 1 N–H and O–H groups in total. The number of halogens is 1. The fourth-order valence-electron chi connectivity index (χ4n) is 1.33. The maximum Gasteiger partial charge on any atom is 0.324 e. The fourth-order valence-corrected chi connectivity index (χ4v) is 1.39. The van der Waals surface area contributed by atoms with Crippen LogP contribution < -0.4 is 5.32 Å². The molecule has 1 aliphatic rings. The van der Waals surface area contributed by atoms with Crippen LogP contribution in [0.25, 0.3) is 0 Å². The second kappa shape index (κ2) is 4.99. The third-order valence-corrected chi connectivity index (χ3v) is 2.45. The number of alkyl halides is 1. The van der Waals surface area contributed by atoms with Gasteiger partial charge >= 0.3 is 6.03 Å². The molecule has 0 bridgehead atoms. The Labute approximate surface area is 93.0 Å². The molecular weight excluding hydrogens is 218 g/mol. The van der Waals surface area contributed by atoms with Crippen molar-refractivity contribution in [2.24, 2.45) is 5.92 Å². The minimum absolute atomic E-state index is 0.126. The van der Waals surface area contributed by atoms with Crippen LogP contribution in [0.5, 0.6) is 0 Å². The Morgan fingerprint density at radius 1 is 1.67 bits per heavy atom. The quantitative estimate of drug-likeness (QED) is 0.673. The van der Waals surface area contributed by atoms with Gasteiger partial charge in [-0.1, -0.05) is 0 Å². The van der Waals surface area contributed by atoms with Gasteiger partial charge < -0.3 is 4.90 Å². The molecule has 1 saturated heterocycles. The molecule has 1 aliphatic heterocycles. The zero-order valence-electron chi connectivity index (χ0n) is 8.36. The van der Waals surface area contributed by atoms with Crippen molar-refractivity contribution in [2.75, 3.05) is 13.1 Å². The summed E-state index contributed by atoms with van der Waals surface area (Å²) in [7, 11) is 0. The van der Waals surface area contributed by atoms with Crippen LogP contribution >= 0.6 is 11.6 Å². The number of rotatable bonds is 1. The first-order chi connectivity index (χ1) is 7.04. The number of hydrogen-bond acceptors (Lipinski definition) is 3. The van der Waals surface area contributed by atoms with Gasteiger partial charge in [0.2, 0.25) is 5.91 Å². The zero-order valence-corrected chi connectivity index (χ0v) is 9.12. The molecule has 2 unspecified atom stereocenters. The van der Waals surface area contributed by atoms with E-state index in [4.69, 9.17) is 16.9 Å². The van der Waals surface area contributed by atoms with E-state index < -0.39 is 17.3 Å². The number of carbonyl (C=O) groups excluding carboxylic acids is 2. The minimum atomic E-state index is -0.733. The molecule has 6 heteroatoms. The van der Waals surface area contributed by atoms with Crippen molar-refractivity contribution in [1.82, 2.24) is 10.2 Å². The van der Waals surface area contributed by atoms with E-state index in [1.165, 1.54) is 11.8 Å². The van der Waals surface area contributed by atoms with Crippen LogP contribution in [0.15, 0.2) is 0 Å². The first-order valence-electron chi connectivity index (χ1n) is 4.68. The van der Waals surface area contributed by atoms with Gasteiger partial charge in [0.25, 0.3) is 0 Å². The van der Waals surface area contributed by atoms with Crippen LogP contribution in [0.3, 0.4) is 0 Å². The number of carbonyl (C=O) groups is 2. The van der Waals surface area contributed by atoms with E-state index in [2.05, 4.69) is 11.4 Å². The standard InChI is InChI=1S/C9H12ClN3O2/c1-6(10)8(14)12-9(15)13-3-2-7(4-11)5-13/h6-7H,2-3,5H2,1H3,(H,12,14,15). The Balaban J connectivity index is 2.43. The molecule has 2 atom stereocenters. The Kier molecular flexibility index (Phi) is 3.92. The summed E-state index contributed by atoms with van der Waals surface area (Å²) in [5.74, 6) is -0.638. The van der Waals surface area contributed by atoms with Gasteiger partial charge in [-0.2, -0.15) is 5.26 Å². The monoisotopic (exact) mass is 229 g/mol. The summed E-state index contributed by atoms with van der Waals surface area (Å²) in [6, 6.07) is 1.62. The summed E-state index contributed by atoms with van der Waals surface area (Å²) in [4.78, 5) is 24.0. The number of likely N-dealkylation sites (tertiary alicyclic amines) is 1. The van der Waals surface area contributed by atoms with E-state index in [9.17, 15) is 9.59 Å². The predicted molar refractivity (Wildman–Crippen MR) is 54.1 cm³/mol. The van der Waals surface area contributed by atoms with Crippen LogP contribution in [0.1, 0.15) is 13.3 Å². The first-order valence-corrected chi connectivity index (χ1v) is 5.11. The van der Waals surface area contributed by atoms with E-state index in [-0.39, 0.29) is 5.92 Å². The lowest BCUT2D eigenvalue weighted by atomic mass is 10.1. The van der Waals surface area contributed by atoms with Crippen molar-refractivity contribution in [2.45, 2.75) is 18.7 Å². The molecular formula is C9H12ClN3O2. The van der Waals surface area contributed by atoms with Crippen molar-refractivity contribution in [3.63, 3.8) is 0 Å². The average molecular weight is 230 g/mol. The third-order valence-electron chi connectivity index (χ3n) is 2.25. The van der Waals surface area contributed by atoms with Gasteiger partial charge in [-0.05, 0) is 13.3 Å². The smallest absolute Gasteiger partial charge is 0.323 e. The lowest BCUT2D eigenvalue weighted by Gasteiger charge is -2.15.